The minimum atomic E-state index is -0.828. The van der Waals surface area contributed by atoms with E-state index in [1.165, 1.54) is 167 Å². The zero-order valence-electron chi connectivity index (χ0n) is 56.9. The lowest BCUT2D eigenvalue weighted by Gasteiger charge is -2.24. The summed E-state index contributed by atoms with van der Waals surface area (Å²) < 4.78 is 27.1. The van der Waals surface area contributed by atoms with Gasteiger partial charge in [-0.25, -0.2) is 4.79 Å². The first kappa shape index (κ1) is 79.6. The number of ether oxygens (including phenoxy) is 5. The SMILES string of the molecule is C=C(C)C(=O)Cl.CCCCCCCCCCN(CCO)c1ccc(N=Nc2cc(OC)c(N=Nc3ccc([N+](=O)[O-])cc3)cc2OC)cc1.CCCCCCCCCCN(CCOC(=O)C(C)=O)c1ccc(N=Nc2cc(OC)c(N=Nc3ccc([N+](=O)[O-])cc3)cc2OC)cc1. The highest BCUT2D eigenvalue weighted by atomic mass is 35.5. The van der Waals surface area contributed by atoms with Crippen LogP contribution in [0.4, 0.5) is 68.2 Å². The Balaban J connectivity index is 0.000000382. The van der Waals surface area contributed by atoms with Crippen LogP contribution >= 0.6 is 11.6 Å². The van der Waals surface area contributed by atoms with Gasteiger partial charge < -0.3 is 38.6 Å². The van der Waals surface area contributed by atoms with Crippen molar-refractivity contribution in [3.05, 3.63) is 154 Å². The highest BCUT2D eigenvalue weighted by Gasteiger charge is 2.16. The molecule has 0 spiro atoms. The van der Waals surface area contributed by atoms with Crippen molar-refractivity contribution in [3.63, 3.8) is 0 Å². The molecule has 520 valence electrons. The molecule has 0 heterocycles. The number of allylic oxidation sites excluding steroid dienone is 1. The van der Waals surface area contributed by atoms with E-state index in [0.717, 1.165) is 43.7 Å². The van der Waals surface area contributed by atoms with Crippen LogP contribution in [0.1, 0.15) is 130 Å². The van der Waals surface area contributed by atoms with E-state index in [4.69, 9.17) is 35.3 Å². The number of methoxy groups -OCH3 is 4. The summed E-state index contributed by atoms with van der Waals surface area (Å²) in [6.07, 6.45) is 19.7. The summed E-state index contributed by atoms with van der Waals surface area (Å²) in [6, 6.07) is 33.4. The van der Waals surface area contributed by atoms with Gasteiger partial charge in [-0.3, -0.25) is 29.8 Å². The Kier molecular flexibility index (Phi) is 37.3. The molecule has 97 heavy (non-hydrogen) atoms. The molecule has 0 fully saturated rings. The molecular weight excluding hydrogens is 1260 g/mol. The fraction of sp³-hybridized carbons (Fsp3) is 0.423. The molecule has 0 saturated heterocycles. The van der Waals surface area contributed by atoms with Gasteiger partial charge in [0.2, 0.25) is 11.0 Å². The number of aliphatic hydroxyl groups excluding tert-OH is 1. The van der Waals surface area contributed by atoms with Gasteiger partial charge in [-0.15, -0.1) is 20.5 Å². The number of carbonyl (C=O) groups is 3. The third-order valence-corrected chi connectivity index (χ3v) is 15.1. The van der Waals surface area contributed by atoms with Crippen LogP contribution in [0.25, 0.3) is 0 Å². The number of nitro benzene ring substituents is 2. The topological polar surface area (TPSA) is 309 Å². The quantitative estimate of drug-likeness (QED) is 0.00545. The Hall–Kier alpha value is -9.88. The number of azo groups is 4. The van der Waals surface area contributed by atoms with Gasteiger partial charge >= 0.3 is 5.97 Å². The van der Waals surface area contributed by atoms with Crippen LogP contribution in [0.3, 0.4) is 0 Å². The summed E-state index contributed by atoms with van der Waals surface area (Å²) >= 11 is 4.87. The van der Waals surface area contributed by atoms with Crippen molar-refractivity contribution in [2.75, 3.05) is 77.6 Å². The fourth-order valence-corrected chi connectivity index (χ4v) is 9.32. The van der Waals surface area contributed by atoms with Gasteiger partial charge in [0, 0.05) is 92.0 Å². The van der Waals surface area contributed by atoms with Crippen molar-refractivity contribution in [2.45, 2.75) is 130 Å². The molecule has 0 unspecified atom stereocenters. The van der Waals surface area contributed by atoms with E-state index in [1.54, 1.807) is 31.2 Å². The minimum Gasteiger partial charge on any atom is -0.494 e. The molecule has 0 aliphatic carbocycles. The zero-order chi connectivity index (χ0) is 70.7. The molecule has 25 nitrogen and oxygen atoms in total. The molecule has 0 aromatic heterocycles. The lowest BCUT2D eigenvalue weighted by atomic mass is 10.1. The summed E-state index contributed by atoms with van der Waals surface area (Å²) in [7, 11) is 6.03. The second kappa shape index (κ2) is 45.5. The normalized spacial score (nSPS) is 11.0. The lowest BCUT2D eigenvalue weighted by molar-refractivity contribution is -0.385. The number of Topliss-reactive ketones (excluding diaryl/α,β-unsaturated/α-hetero) is 1. The van der Waals surface area contributed by atoms with Gasteiger partial charge in [0.15, 0.2) is 0 Å². The van der Waals surface area contributed by atoms with Crippen molar-refractivity contribution < 1.29 is 53.0 Å². The first-order chi connectivity index (χ1) is 46.9. The predicted octanol–water partition coefficient (Wildman–Crippen LogP) is 20.2. The Morgan fingerprint density at radius 3 is 0.990 bits per heavy atom. The van der Waals surface area contributed by atoms with Crippen molar-refractivity contribution >= 4 is 96.8 Å². The smallest absolute Gasteiger partial charge is 0.374 e. The van der Waals surface area contributed by atoms with E-state index in [-0.39, 0.29) is 24.6 Å². The number of carbonyl (C=O) groups excluding carboxylic acids is 3. The molecule has 0 amide bonds. The number of nitro groups is 2. The van der Waals surface area contributed by atoms with Gasteiger partial charge in [0.05, 0.1) is 74.2 Å². The maximum Gasteiger partial charge on any atom is 0.374 e. The van der Waals surface area contributed by atoms with Crippen LogP contribution in [0.5, 0.6) is 23.0 Å². The highest BCUT2D eigenvalue weighted by Crippen LogP contribution is 2.43. The van der Waals surface area contributed by atoms with Crippen LogP contribution in [-0.2, 0) is 19.1 Å². The monoisotopic (exact) mass is 1350 g/mol. The Morgan fingerprint density at radius 2 is 0.732 bits per heavy atom. The minimum absolute atomic E-state index is 0.0242. The second-order valence-corrected chi connectivity index (χ2v) is 22.5. The number of halogens is 1. The van der Waals surface area contributed by atoms with Crippen molar-refractivity contribution in [2.24, 2.45) is 40.9 Å². The van der Waals surface area contributed by atoms with E-state index in [1.807, 2.05) is 48.5 Å². The number of rotatable bonds is 41. The van der Waals surface area contributed by atoms with Gasteiger partial charge in [-0.1, -0.05) is 110 Å². The van der Waals surface area contributed by atoms with Crippen LogP contribution in [-0.4, -0.2) is 99.8 Å². The van der Waals surface area contributed by atoms with Gasteiger partial charge in [0.25, 0.3) is 11.4 Å². The summed E-state index contributed by atoms with van der Waals surface area (Å²) in [5.74, 6) is 0.174. The zero-order valence-corrected chi connectivity index (χ0v) is 57.7. The Bertz CT molecular complexity index is 3520. The second-order valence-electron chi connectivity index (χ2n) is 22.2. The van der Waals surface area contributed by atoms with Gasteiger partial charge in [-0.05, 0) is 104 Å². The summed E-state index contributed by atoms with van der Waals surface area (Å²) in [4.78, 5) is 57.9. The largest absolute Gasteiger partial charge is 0.494 e. The van der Waals surface area contributed by atoms with E-state index in [2.05, 4.69) is 71.1 Å². The van der Waals surface area contributed by atoms with Crippen molar-refractivity contribution in [1.29, 1.82) is 0 Å². The van der Waals surface area contributed by atoms with E-state index in [0.29, 0.717) is 87.2 Å². The van der Waals surface area contributed by atoms with Gasteiger partial charge in [0.1, 0.15) is 52.4 Å². The first-order valence-corrected chi connectivity index (χ1v) is 32.8. The molecule has 0 atom stereocenters. The van der Waals surface area contributed by atoms with Crippen molar-refractivity contribution in [3.8, 4) is 23.0 Å². The molecule has 0 radical (unpaired) electrons. The lowest BCUT2D eigenvalue weighted by Crippen LogP contribution is -2.30. The molecule has 0 saturated carbocycles. The van der Waals surface area contributed by atoms with E-state index in [9.17, 15) is 39.7 Å². The maximum absolute atomic E-state index is 11.7. The number of anilines is 2. The number of hydrogen-bond donors (Lipinski definition) is 1. The van der Waals surface area contributed by atoms with Crippen LogP contribution in [0, 0.1) is 20.2 Å². The number of unbranched alkanes of at least 4 members (excludes halogenated alkanes) is 14. The first-order valence-electron chi connectivity index (χ1n) is 32.4. The number of non-ortho nitro benzene ring substituents is 2. The molecule has 6 rings (SSSR count). The highest BCUT2D eigenvalue weighted by molar-refractivity contribution is 6.67. The average molecular weight is 1360 g/mol. The number of benzene rings is 6. The predicted molar refractivity (Wildman–Crippen MR) is 379 cm³/mol. The molecule has 6 aromatic rings. The number of esters is 1. The molecule has 26 heteroatoms. The molecule has 0 aliphatic heterocycles. The molecule has 1 N–H and O–H groups in total. The molecule has 0 aliphatic rings. The Labute approximate surface area is 573 Å². The average Bonchev–Trinajstić information content (AvgIpc) is 0.881. The molecular formula is C71H91ClN12O13. The van der Waals surface area contributed by atoms with Crippen LogP contribution in [0.15, 0.2) is 174 Å². The van der Waals surface area contributed by atoms with E-state index >= 15 is 0 Å². The number of ketones is 1. The summed E-state index contributed by atoms with van der Waals surface area (Å²) in [6.45, 7) is 13.4. The fourth-order valence-electron chi connectivity index (χ4n) is 9.32. The molecule has 6 aromatic carbocycles. The van der Waals surface area contributed by atoms with Crippen LogP contribution in [0.2, 0.25) is 0 Å². The maximum atomic E-state index is 11.7. The number of hydrogen-bond acceptors (Lipinski definition) is 23. The van der Waals surface area contributed by atoms with E-state index < -0.39 is 26.8 Å². The third-order valence-electron chi connectivity index (χ3n) is 14.8. The number of aliphatic hydroxyl groups is 1. The molecule has 0 bridgehead atoms. The van der Waals surface area contributed by atoms with Crippen LogP contribution < -0.4 is 28.7 Å². The number of nitrogens with zero attached hydrogens (tertiary/aromatic N) is 12. The third kappa shape index (κ3) is 29.8. The summed E-state index contributed by atoms with van der Waals surface area (Å²) in [5, 5.41) is 65.2. The van der Waals surface area contributed by atoms with Crippen molar-refractivity contribution in [1.82, 2.24) is 0 Å². The summed E-state index contributed by atoms with van der Waals surface area (Å²) in [5.41, 5.74) is 6.11. The van der Waals surface area contributed by atoms with Gasteiger partial charge in [-0.2, -0.15) is 20.5 Å². The Morgan fingerprint density at radius 1 is 0.454 bits per heavy atom. The standard InChI is InChI=1S/C35H44N6O7.C32H42N6O5.C4H5ClO/c1-5-6-7-8-9-10-11-12-21-40(22-23-48-35(43)26(2)42)29-17-13-27(14-18-29)36-38-31-24-34(47-4)32(25-33(31)46-3)39-37-28-15-19-30(20-16-28)41(44)45;1-4-5-6-7-8-9-10-11-20-37(21-22-39)27-16-12-25(13-17-27)33-35-29-23-32(43-3)30(24-31(29)42-2)36-34-26-14-18-28(19-15-26)38(40)41;1-3(2)4(5)6/h13-20,24-25H,5-12,21-23H2,1-4H3;12-19,23-24,39H,4-11,20-22H2,1-3H3;1H2,2H3.